The normalized spacial score (nSPS) is 13.4. The molecule has 1 aromatic rings. The maximum atomic E-state index is 11.8. The molecular formula is C14H20N2O3. The lowest BCUT2D eigenvalue weighted by Gasteiger charge is -2.23. The third-order valence-electron chi connectivity index (χ3n) is 3.21. The summed E-state index contributed by atoms with van der Waals surface area (Å²) in [6.45, 7) is 4.75. The largest absolute Gasteiger partial charge is 0.454 e. The highest BCUT2D eigenvalue weighted by Crippen LogP contribution is 2.32. The van der Waals surface area contributed by atoms with Crippen molar-refractivity contribution in [2.45, 2.75) is 32.4 Å². The lowest BCUT2D eigenvalue weighted by atomic mass is 10.0. The van der Waals surface area contributed by atoms with Gasteiger partial charge in [0.15, 0.2) is 11.5 Å². The van der Waals surface area contributed by atoms with Crippen molar-refractivity contribution >= 4 is 5.91 Å². The van der Waals surface area contributed by atoms with E-state index in [2.05, 4.69) is 10.6 Å². The fourth-order valence-corrected chi connectivity index (χ4v) is 1.80. The fraction of sp³-hybridized carbons (Fsp3) is 0.500. The van der Waals surface area contributed by atoms with Crippen LogP contribution in [0.25, 0.3) is 0 Å². The third kappa shape index (κ3) is 3.61. The maximum absolute atomic E-state index is 11.8. The van der Waals surface area contributed by atoms with Crippen molar-refractivity contribution in [3.8, 4) is 11.5 Å². The lowest BCUT2D eigenvalue weighted by Crippen LogP contribution is -2.41. The van der Waals surface area contributed by atoms with Crippen LogP contribution in [0.15, 0.2) is 18.2 Å². The summed E-state index contributed by atoms with van der Waals surface area (Å²) in [6.07, 6.45) is 0.439. The van der Waals surface area contributed by atoms with Crippen LogP contribution in [0.4, 0.5) is 0 Å². The van der Waals surface area contributed by atoms with Gasteiger partial charge >= 0.3 is 0 Å². The number of hydrogen-bond donors (Lipinski definition) is 2. The molecule has 1 amide bonds. The van der Waals surface area contributed by atoms with Crippen molar-refractivity contribution in [1.82, 2.24) is 10.6 Å². The predicted molar refractivity (Wildman–Crippen MR) is 72.2 cm³/mol. The van der Waals surface area contributed by atoms with Gasteiger partial charge in [-0.25, -0.2) is 0 Å². The number of rotatable bonds is 5. The quantitative estimate of drug-likeness (QED) is 0.844. The number of fused-ring (bicyclic) bond motifs is 1. The molecule has 5 nitrogen and oxygen atoms in total. The molecule has 2 N–H and O–H groups in total. The first-order chi connectivity index (χ1) is 9.00. The summed E-state index contributed by atoms with van der Waals surface area (Å²) in [7, 11) is 1.85. The summed E-state index contributed by atoms with van der Waals surface area (Å²) in [4.78, 5) is 11.8. The van der Waals surface area contributed by atoms with E-state index in [9.17, 15) is 4.79 Å². The minimum Gasteiger partial charge on any atom is -0.454 e. The Morgan fingerprint density at radius 3 is 2.79 bits per heavy atom. The molecule has 0 spiro atoms. The Morgan fingerprint density at radius 2 is 2.05 bits per heavy atom. The van der Waals surface area contributed by atoms with Gasteiger partial charge in [-0.15, -0.1) is 0 Å². The van der Waals surface area contributed by atoms with E-state index in [0.717, 1.165) is 17.1 Å². The maximum Gasteiger partial charge on any atom is 0.231 e. The van der Waals surface area contributed by atoms with Crippen LogP contribution in [0.3, 0.4) is 0 Å². The SMILES string of the molecule is CNC(C)(C)CC(=O)NCc1ccc2c(c1)OCO2. The molecular weight excluding hydrogens is 244 g/mol. The molecule has 0 bridgehead atoms. The van der Waals surface area contributed by atoms with E-state index in [1.807, 2.05) is 39.1 Å². The topological polar surface area (TPSA) is 59.6 Å². The molecule has 1 aliphatic rings. The number of nitrogens with one attached hydrogen (secondary N) is 2. The zero-order valence-corrected chi connectivity index (χ0v) is 11.6. The Kier molecular flexibility index (Phi) is 3.95. The molecule has 0 saturated carbocycles. The van der Waals surface area contributed by atoms with Crippen LogP contribution in [-0.2, 0) is 11.3 Å². The zero-order valence-electron chi connectivity index (χ0n) is 11.6. The third-order valence-corrected chi connectivity index (χ3v) is 3.21. The number of hydrogen-bond acceptors (Lipinski definition) is 4. The van der Waals surface area contributed by atoms with Gasteiger partial charge in [-0.3, -0.25) is 4.79 Å². The van der Waals surface area contributed by atoms with Gasteiger partial charge in [0.2, 0.25) is 12.7 Å². The van der Waals surface area contributed by atoms with Gasteiger partial charge in [-0.2, -0.15) is 0 Å². The highest BCUT2D eigenvalue weighted by atomic mass is 16.7. The first-order valence-electron chi connectivity index (χ1n) is 6.34. The van der Waals surface area contributed by atoms with Crippen LogP contribution in [0.1, 0.15) is 25.8 Å². The van der Waals surface area contributed by atoms with Gasteiger partial charge < -0.3 is 20.1 Å². The molecule has 1 heterocycles. The van der Waals surface area contributed by atoms with Gasteiger partial charge in [0.25, 0.3) is 0 Å². The molecule has 104 valence electrons. The van der Waals surface area contributed by atoms with Crippen LogP contribution in [0, 0.1) is 0 Å². The molecule has 0 unspecified atom stereocenters. The van der Waals surface area contributed by atoms with Crippen LogP contribution in [0.5, 0.6) is 11.5 Å². The Hall–Kier alpha value is -1.75. The van der Waals surface area contributed by atoms with E-state index < -0.39 is 0 Å². The first-order valence-corrected chi connectivity index (χ1v) is 6.34. The van der Waals surface area contributed by atoms with Gasteiger partial charge in [-0.1, -0.05) is 6.07 Å². The second-order valence-corrected chi connectivity index (χ2v) is 5.28. The zero-order chi connectivity index (χ0) is 13.9. The molecule has 0 aliphatic carbocycles. The summed E-state index contributed by atoms with van der Waals surface area (Å²) < 4.78 is 10.5. The second kappa shape index (κ2) is 5.48. The van der Waals surface area contributed by atoms with Crippen LogP contribution >= 0.6 is 0 Å². The van der Waals surface area contributed by atoms with Crippen molar-refractivity contribution in [3.63, 3.8) is 0 Å². The molecule has 0 radical (unpaired) electrons. The van der Waals surface area contributed by atoms with Crippen molar-refractivity contribution in [2.75, 3.05) is 13.8 Å². The van der Waals surface area contributed by atoms with E-state index in [1.54, 1.807) is 0 Å². The van der Waals surface area contributed by atoms with Gasteiger partial charge in [0, 0.05) is 18.5 Å². The summed E-state index contributed by atoms with van der Waals surface area (Å²) >= 11 is 0. The molecule has 0 saturated heterocycles. The number of ether oxygens (including phenoxy) is 2. The van der Waals surface area contributed by atoms with Gasteiger partial charge in [0.1, 0.15) is 0 Å². The highest BCUT2D eigenvalue weighted by Gasteiger charge is 2.19. The number of carbonyl (C=O) groups is 1. The minimum absolute atomic E-state index is 0.0250. The smallest absolute Gasteiger partial charge is 0.231 e. The minimum atomic E-state index is -0.195. The van der Waals surface area contributed by atoms with Crippen molar-refractivity contribution in [3.05, 3.63) is 23.8 Å². The molecule has 2 rings (SSSR count). The Bertz CT molecular complexity index is 472. The van der Waals surface area contributed by atoms with Crippen LogP contribution in [0.2, 0.25) is 0 Å². The number of amides is 1. The molecule has 0 fully saturated rings. The Labute approximate surface area is 113 Å². The summed E-state index contributed by atoms with van der Waals surface area (Å²) in [6, 6.07) is 5.68. The summed E-state index contributed by atoms with van der Waals surface area (Å²) in [5.41, 5.74) is 0.804. The molecule has 1 aromatic carbocycles. The van der Waals surface area contributed by atoms with E-state index >= 15 is 0 Å². The summed E-state index contributed by atoms with van der Waals surface area (Å²) in [5.74, 6) is 1.52. The van der Waals surface area contributed by atoms with Gasteiger partial charge in [-0.05, 0) is 38.6 Å². The average molecular weight is 264 g/mol. The van der Waals surface area contributed by atoms with Crippen LogP contribution < -0.4 is 20.1 Å². The monoisotopic (exact) mass is 264 g/mol. The molecule has 1 aliphatic heterocycles. The van der Waals surface area contributed by atoms with Crippen molar-refractivity contribution < 1.29 is 14.3 Å². The van der Waals surface area contributed by atoms with Crippen LogP contribution in [-0.4, -0.2) is 25.3 Å². The second-order valence-electron chi connectivity index (χ2n) is 5.28. The highest BCUT2D eigenvalue weighted by molar-refractivity contribution is 5.77. The molecule has 0 aromatic heterocycles. The average Bonchev–Trinajstić information content (AvgIpc) is 2.83. The number of benzene rings is 1. The van der Waals surface area contributed by atoms with Crippen molar-refractivity contribution in [1.29, 1.82) is 0 Å². The molecule has 0 atom stereocenters. The Morgan fingerprint density at radius 1 is 1.32 bits per heavy atom. The number of carbonyl (C=O) groups excluding carboxylic acids is 1. The predicted octanol–water partition coefficient (Wildman–Crippen LogP) is 1.42. The molecule has 5 heteroatoms. The van der Waals surface area contributed by atoms with E-state index in [0.29, 0.717) is 13.0 Å². The molecule has 19 heavy (non-hydrogen) atoms. The lowest BCUT2D eigenvalue weighted by molar-refractivity contribution is -0.122. The van der Waals surface area contributed by atoms with E-state index in [-0.39, 0.29) is 18.2 Å². The first kappa shape index (κ1) is 13.7. The standard InChI is InChI=1S/C14H20N2O3/c1-14(2,15-3)7-13(17)16-8-10-4-5-11-12(6-10)19-9-18-11/h4-6,15H,7-9H2,1-3H3,(H,16,17). The van der Waals surface area contributed by atoms with E-state index in [4.69, 9.17) is 9.47 Å². The summed E-state index contributed by atoms with van der Waals surface area (Å²) in [5, 5.41) is 6.01. The Balaban J connectivity index is 1.87. The van der Waals surface area contributed by atoms with Gasteiger partial charge in [0.05, 0.1) is 0 Å². The van der Waals surface area contributed by atoms with E-state index in [1.165, 1.54) is 0 Å². The van der Waals surface area contributed by atoms with Crippen molar-refractivity contribution in [2.24, 2.45) is 0 Å². The fourth-order valence-electron chi connectivity index (χ4n) is 1.80.